The third kappa shape index (κ3) is 6.76. The Hall–Kier alpha value is -0.880. The van der Waals surface area contributed by atoms with Crippen molar-refractivity contribution in [3.05, 3.63) is 35.4 Å². The van der Waals surface area contributed by atoms with Crippen molar-refractivity contribution < 1.29 is 16.8 Å². The van der Waals surface area contributed by atoms with Gasteiger partial charge in [-0.1, -0.05) is 24.3 Å². The molecule has 0 saturated heterocycles. The van der Waals surface area contributed by atoms with E-state index >= 15 is 0 Å². The number of sulfone groups is 2. The van der Waals surface area contributed by atoms with Crippen LogP contribution in [0.1, 0.15) is 11.1 Å². The van der Waals surface area contributed by atoms with Crippen molar-refractivity contribution in [2.75, 3.05) is 24.0 Å². The molecule has 0 aliphatic heterocycles. The number of rotatable bonds is 6. The summed E-state index contributed by atoms with van der Waals surface area (Å²) in [6.07, 6.45) is 3.41. The van der Waals surface area contributed by atoms with Crippen LogP contribution in [0, 0.1) is 0 Å². The maximum absolute atomic E-state index is 11.0. The standard InChI is InChI=1S/C12H18O4S2/c1-17(13,14)9-7-11-3-5-12(6-4-11)8-10-18(2,15)16/h3-6H,7-10H2,1-2H3. The average Bonchev–Trinajstić information content (AvgIpc) is 2.23. The third-order valence-corrected chi connectivity index (χ3v) is 4.44. The van der Waals surface area contributed by atoms with Gasteiger partial charge in [-0.25, -0.2) is 16.8 Å². The topological polar surface area (TPSA) is 68.3 Å². The molecule has 0 aliphatic rings. The van der Waals surface area contributed by atoms with Gasteiger partial charge in [-0.15, -0.1) is 0 Å². The summed E-state index contributed by atoms with van der Waals surface area (Å²) in [4.78, 5) is 0. The summed E-state index contributed by atoms with van der Waals surface area (Å²) < 4.78 is 44.1. The van der Waals surface area contributed by atoms with Gasteiger partial charge in [0.2, 0.25) is 0 Å². The van der Waals surface area contributed by atoms with E-state index in [0.717, 1.165) is 11.1 Å². The smallest absolute Gasteiger partial charge is 0.147 e. The fraction of sp³-hybridized carbons (Fsp3) is 0.500. The average molecular weight is 290 g/mol. The molecule has 4 nitrogen and oxygen atoms in total. The van der Waals surface area contributed by atoms with E-state index in [0.29, 0.717) is 12.8 Å². The van der Waals surface area contributed by atoms with Crippen molar-refractivity contribution in [2.24, 2.45) is 0 Å². The van der Waals surface area contributed by atoms with Gasteiger partial charge in [0, 0.05) is 12.5 Å². The van der Waals surface area contributed by atoms with Crippen molar-refractivity contribution in [1.29, 1.82) is 0 Å². The van der Waals surface area contributed by atoms with Crippen molar-refractivity contribution in [3.8, 4) is 0 Å². The fourth-order valence-corrected chi connectivity index (χ4v) is 2.69. The quantitative estimate of drug-likeness (QED) is 0.779. The van der Waals surface area contributed by atoms with Gasteiger partial charge in [-0.2, -0.15) is 0 Å². The number of hydrogen-bond donors (Lipinski definition) is 0. The largest absolute Gasteiger partial charge is 0.229 e. The highest BCUT2D eigenvalue weighted by Gasteiger charge is 2.05. The van der Waals surface area contributed by atoms with Crippen LogP contribution in [0.4, 0.5) is 0 Å². The monoisotopic (exact) mass is 290 g/mol. The summed E-state index contributed by atoms with van der Waals surface area (Å²) in [6, 6.07) is 7.40. The lowest BCUT2D eigenvalue weighted by molar-refractivity contribution is 0.599. The van der Waals surface area contributed by atoms with Gasteiger partial charge in [0.25, 0.3) is 0 Å². The lowest BCUT2D eigenvalue weighted by atomic mass is 10.1. The summed E-state index contributed by atoms with van der Waals surface area (Å²) in [5.74, 6) is 0.269. The highest BCUT2D eigenvalue weighted by molar-refractivity contribution is 7.90. The Labute approximate surface area is 109 Å². The van der Waals surface area contributed by atoms with E-state index < -0.39 is 19.7 Å². The zero-order valence-corrected chi connectivity index (χ0v) is 12.2. The first kappa shape index (κ1) is 15.2. The predicted octanol–water partition coefficient (Wildman–Crippen LogP) is 0.861. The Balaban J connectivity index is 2.58. The molecule has 6 heteroatoms. The molecule has 0 saturated carbocycles. The molecule has 1 aromatic rings. The van der Waals surface area contributed by atoms with Crippen molar-refractivity contribution in [3.63, 3.8) is 0 Å². The molecule has 0 fully saturated rings. The van der Waals surface area contributed by atoms with Crippen LogP contribution >= 0.6 is 0 Å². The molecule has 18 heavy (non-hydrogen) atoms. The van der Waals surface area contributed by atoms with Crippen LogP contribution in [0.2, 0.25) is 0 Å². The van der Waals surface area contributed by atoms with Crippen molar-refractivity contribution in [2.45, 2.75) is 12.8 Å². The van der Waals surface area contributed by atoms with Crippen molar-refractivity contribution >= 4 is 19.7 Å². The second-order valence-electron chi connectivity index (χ2n) is 4.58. The molecule has 1 rings (SSSR count). The summed E-state index contributed by atoms with van der Waals surface area (Å²) in [5, 5.41) is 0. The molecule has 0 unspecified atom stereocenters. The van der Waals surface area contributed by atoms with Crippen LogP contribution in [0.15, 0.2) is 24.3 Å². The highest BCUT2D eigenvalue weighted by Crippen LogP contribution is 2.07. The van der Waals surface area contributed by atoms with Crippen molar-refractivity contribution in [1.82, 2.24) is 0 Å². The van der Waals surface area contributed by atoms with Gasteiger partial charge in [0.05, 0.1) is 11.5 Å². The summed E-state index contributed by atoms with van der Waals surface area (Å²) in [6.45, 7) is 0. The number of benzene rings is 1. The molecular formula is C12H18O4S2. The maximum atomic E-state index is 11.0. The number of aryl methyl sites for hydroxylation is 2. The molecule has 1 aromatic carbocycles. The molecule has 0 amide bonds. The first-order valence-corrected chi connectivity index (χ1v) is 9.71. The van der Waals surface area contributed by atoms with Crippen LogP contribution in [-0.4, -0.2) is 40.9 Å². The molecule has 0 spiro atoms. The second kappa shape index (κ2) is 5.84. The minimum Gasteiger partial charge on any atom is -0.229 e. The first-order chi connectivity index (χ1) is 8.16. The molecule has 0 atom stereocenters. The summed E-state index contributed by atoms with van der Waals surface area (Å²) >= 11 is 0. The molecule has 0 radical (unpaired) electrons. The molecule has 0 N–H and O–H groups in total. The maximum Gasteiger partial charge on any atom is 0.147 e. The normalized spacial score (nSPS) is 12.6. The van der Waals surface area contributed by atoms with Gasteiger partial charge in [-0.05, 0) is 24.0 Å². The SMILES string of the molecule is CS(=O)(=O)CCc1ccc(CCS(C)(=O)=O)cc1. The molecule has 0 aliphatic carbocycles. The lowest BCUT2D eigenvalue weighted by Gasteiger charge is -2.03. The predicted molar refractivity (Wildman–Crippen MR) is 73.3 cm³/mol. The van der Waals surface area contributed by atoms with Crippen LogP contribution < -0.4 is 0 Å². The van der Waals surface area contributed by atoms with Crippen LogP contribution in [0.5, 0.6) is 0 Å². The van der Waals surface area contributed by atoms with E-state index in [2.05, 4.69) is 0 Å². The number of hydrogen-bond acceptors (Lipinski definition) is 4. The van der Waals surface area contributed by atoms with Gasteiger partial charge in [0.15, 0.2) is 0 Å². The molecule has 0 aromatic heterocycles. The van der Waals surface area contributed by atoms with E-state index in [1.54, 1.807) is 0 Å². The van der Waals surface area contributed by atoms with E-state index in [9.17, 15) is 16.8 Å². The Morgan fingerprint density at radius 3 is 1.22 bits per heavy atom. The second-order valence-corrected chi connectivity index (χ2v) is 9.10. The van der Waals surface area contributed by atoms with Crippen LogP contribution in [0.3, 0.4) is 0 Å². The zero-order valence-electron chi connectivity index (χ0n) is 10.6. The van der Waals surface area contributed by atoms with Gasteiger partial charge < -0.3 is 0 Å². The Kier molecular flexibility index (Phi) is 4.92. The van der Waals surface area contributed by atoms with Gasteiger partial charge >= 0.3 is 0 Å². The molecule has 102 valence electrons. The van der Waals surface area contributed by atoms with Gasteiger partial charge in [-0.3, -0.25) is 0 Å². The van der Waals surface area contributed by atoms with E-state index in [1.807, 2.05) is 24.3 Å². The van der Waals surface area contributed by atoms with E-state index in [4.69, 9.17) is 0 Å². The molecule has 0 heterocycles. The minimum absolute atomic E-state index is 0.135. The first-order valence-electron chi connectivity index (χ1n) is 5.59. The minimum atomic E-state index is -2.94. The van der Waals surface area contributed by atoms with E-state index in [1.165, 1.54) is 12.5 Å². The molecule has 0 bridgehead atoms. The third-order valence-electron chi connectivity index (χ3n) is 2.55. The summed E-state index contributed by atoms with van der Waals surface area (Å²) in [5.41, 5.74) is 1.90. The summed E-state index contributed by atoms with van der Waals surface area (Å²) in [7, 11) is -5.88. The van der Waals surface area contributed by atoms with Crippen LogP contribution in [0.25, 0.3) is 0 Å². The Bertz CT molecular complexity index is 528. The highest BCUT2D eigenvalue weighted by atomic mass is 32.2. The van der Waals surface area contributed by atoms with Crippen LogP contribution in [-0.2, 0) is 32.5 Å². The Morgan fingerprint density at radius 1 is 0.722 bits per heavy atom. The lowest BCUT2D eigenvalue weighted by Crippen LogP contribution is -2.07. The Morgan fingerprint density at radius 2 is 1.00 bits per heavy atom. The zero-order chi connectivity index (χ0) is 13.8. The fourth-order valence-electron chi connectivity index (χ4n) is 1.48. The van der Waals surface area contributed by atoms with E-state index in [-0.39, 0.29) is 11.5 Å². The van der Waals surface area contributed by atoms with Gasteiger partial charge in [0.1, 0.15) is 19.7 Å². The molecular weight excluding hydrogens is 272 g/mol.